The van der Waals surface area contributed by atoms with E-state index in [1.807, 2.05) is 91.0 Å². The highest BCUT2D eigenvalue weighted by atomic mass is 16.7. The third kappa shape index (κ3) is 7.22. The first-order valence-corrected chi connectivity index (χ1v) is 11.3. The van der Waals surface area contributed by atoms with E-state index in [0.717, 1.165) is 16.7 Å². The smallest absolute Gasteiger partial charge is 0.160 e. The third-order valence-electron chi connectivity index (χ3n) is 5.54. The van der Waals surface area contributed by atoms with Gasteiger partial charge in [0.2, 0.25) is 0 Å². The highest BCUT2D eigenvalue weighted by Gasteiger charge is 2.40. The Morgan fingerprint density at radius 3 is 1.82 bits per heavy atom. The van der Waals surface area contributed by atoms with Crippen LogP contribution in [0.25, 0.3) is 0 Å². The van der Waals surface area contributed by atoms with Crippen LogP contribution in [0.4, 0.5) is 0 Å². The first kappa shape index (κ1) is 22.3. The van der Waals surface area contributed by atoms with Crippen LogP contribution in [0, 0.1) is 0 Å². The average Bonchev–Trinajstić information content (AvgIpc) is 2.89. The predicted molar refractivity (Wildman–Crippen MR) is 126 cm³/mol. The van der Waals surface area contributed by atoms with Crippen molar-refractivity contribution in [3.05, 3.63) is 108 Å². The van der Waals surface area contributed by atoms with Crippen molar-refractivity contribution >= 4 is 0 Å². The van der Waals surface area contributed by atoms with Crippen LogP contribution < -0.4 is 0 Å². The van der Waals surface area contributed by atoms with Gasteiger partial charge in [0, 0.05) is 14.9 Å². The van der Waals surface area contributed by atoms with E-state index in [0.29, 0.717) is 26.4 Å². The van der Waals surface area contributed by atoms with Gasteiger partial charge < -0.3 is 23.7 Å². The number of hydrogen-bond donors (Lipinski definition) is 0. The van der Waals surface area contributed by atoms with Crippen molar-refractivity contribution in [2.24, 2.45) is 0 Å². The molecule has 5 heteroatoms. The lowest BCUT2D eigenvalue weighted by Gasteiger charge is -2.41. The second kappa shape index (κ2) is 12.6. The summed E-state index contributed by atoms with van der Waals surface area (Å²) in [5.74, 6) is 0. The van der Waals surface area contributed by atoms with Crippen LogP contribution >= 0.6 is 0 Å². The quantitative estimate of drug-likeness (QED) is 0.406. The minimum atomic E-state index is -0.764. The molecule has 33 heavy (non-hydrogen) atoms. The van der Waals surface area contributed by atoms with E-state index in [1.165, 1.54) is 0 Å². The molecule has 0 bridgehead atoms. The topological polar surface area (TPSA) is 46.2 Å². The summed E-state index contributed by atoms with van der Waals surface area (Å²) >= 11 is 0. The summed E-state index contributed by atoms with van der Waals surface area (Å²) in [6.07, 6.45) is -2.98. The molecule has 0 saturated carbocycles. The van der Waals surface area contributed by atoms with Gasteiger partial charge >= 0.3 is 0 Å². The lowest BCUT2D eigenvalue weighted by molar-refractivity contribution is -0.272. The molecule has 3 aromatic rings. The third-order valence-corrected chi connectivity index (χ3v) is 5.54. The molecule has 0 N–H and O–H groups in total. The maximum Gasteiger partial charge on any atom is 0.160 e. The zero-order valence-corrected chi connectivity index (χ0v) is 18.9. The number of ether oxygens (including phenoxy) is 5. The van der Waals surface area contributed by atoms with Gasteiger partial charge in [-0.2, -0.15) is 0 Å². The fraction of sp³-hybridized carbons (Fsp3) is 0.357. The lowest BCUT2D eigenvalue weighted by atomic mass is 10.0. The maximum atomic E-state index is 8.77. The van der Waals surface area contributed by atoms with Crippen LogP contribution in [0.2, 0.25) is 0 Å². The summed E-state index contributed by atoms with van der Waals surface area (Å²) < 4.78 is 39.0. The highest BCUT2D eigenvalue weighted by molar-refractivity contribution is 5.15. The largest absolute Gasteiger partial charge is 0.374 e. The molecule has 174 valence electrons. The minimum absolute atomic E-state index is 0.298. The van der Waals surface area contributed by atoms with Crippen LogP contribution in [-0.2, 0) is 43.5 Å². The summed E-state index contributed by atoms with van der Waals surface area (Å²) in [4.78, 5) is 0. The molecule has 0 amide bonds. The van der Waals surface area contributed by atoms with E-state index >= 15 is 0 Å². The molecule has 0 spiro atoms. The van der Waals surface area contributed by atoms with Gasteiger partial charge in [-0.15, -0.1) is 0 Å². The van der Waals surface area contributed by atoms with E-state index in [-0.39, 0.29) is 0 Å². The standard InChI is InChI=1S/C28H32O5/c1-29-27-17-25(31-19-23-13-7-3-8-14-23)28(32-20-24-15-9-4-10-16-24)26(33-27)21-30-18-22-11-5-2-6-12-22/h2-16,25-28H,17-21H2,1H3/t25-,26+,27+,28-/m0/s1/i17D/t17-,25-,26+,27+,28-. The molecule has 5 nitrogen and oxygen atoms in total. The second-order valence-corrected chi connectivity index (χ2v) is 7.99. The molecule has 0 radical (unpaired) electrons. The van der Waals surface area contributed by atoms with Crippen molar-refractivity contribution < 1.29 is 25.1 Å². The molecule has 0 unspecified atom stereocenters. The Hall–Kier alpha value is -2.54. The Balaban J connectivity index is 1.48. The zero-order valence-electron chi connectivity index (χ0n) is 19.9. The molecule has 1 saturated heterocycles. The van der Waals surface area contributed by atoms with Gasteiger partial charge in [-0.3, -0.25) is 0 Å². The Morgan fingerprint density at radius 1 is 0.758 bits per heavy atom. The molecule has 5 atom stereocenters. The summed E-state index contributed by atoms with van der Waals surface area (Å²) in [5, 5.41) is 0. The second-order valence-electron chi connectivity index (χ2n) is 7.99. The number of benzene rings is 3. The molecule has 3 aromatic carbocycles. The monoisotopic (exact) mass is 449 g/mol. The van der Waals surface area contributed by atoms with Gasteiger partial charge in [0.25, 0.3) is 0 Å². The van der Waals surface area contributed by atoms with Crippen LogP contribution in [0.1, 0.15) is 24.5 Å². The lowest BCUT2D eigenvalue weighted by Crippen LogP contribution is -2.52. The molecule has 0 aromatic heterocycles. The highest BCUT2D eigenvalue weighted by Crippen LogP contribution is 2.28. The SMILES string of the molecule is [2H][C@@H]1[C@H](OC)O[C@H](COCc2ccccc2)[C@@H](OCc2ccccc2)[C@H]1OCc1ccccc1. The van der Waals surface area contributed by atoms with Crippen LogP contribution in [0.15, 0.2) is 91.0 Å². The van der Waals surface area contributed by atoms with Crippen molar-refractivity contribution in [1.29, 1.82) is 0 Å². The molecule has 1 aliphatic heterocycles. The molecular formula is C28H32O5. The molecular weight excluding hydrogens is 416 g/mol. The van der Waals surface area contributed by atoms with Gasteiger partial charge in [-0.1, -0.05) is 91.0 Å². The van der Waals surface area contributed by atoms with Crippen molar-refractivity contribution in [1.82, 2.24) is 0 Å². The summed E-state index contributed by atoms with van der Waals surface area (Å²) in [6, 6.07) is 29.9. The maximum absolute atomic E-state index is 8.77. The Labute approximate surface area is 197 Å². The average molecular weight is 450 g/mol. The fourth-order valence-corrected chi connectivity index (χ4v) is 3.79. The predicted octanol–water partition coefficient (Wildman–Crippen LogP) is 5.14. The van der Waals surface area contributed by atoms with Crippen molar-refractivity contribution in [3.63, 3.8) is 0 Å². The van der Waals surface area contributed by atoms with Crippen molar-refractivity contribution in [2.45, 2.75) is 50.8 Å². The summed E-state index contributed by atoms with van der Waals surface area (Å²) in [5.41, 5.74) is 3.16. The minimum Gasteiger partial charge on any atom is -0.374 e. The number of hydrogen-bond acceptors (Lipinski definition) is 5. The Morgan fingerprint density at radius 2 is 1.27 bits per heavy atom. The Bertz CT molecular complexity index is 956. The van der Waals surface area contributed by atoms with Gasteiger partial charge in [0.1, 0.15) is 12.2 Å². The van der Waals surface area contributed by atoms with Crippen molar-refractivity contribution in [3.8, 4) is 0 Å². The normalized spacial score (nSPS) is 25.5. The van der Waals surface area contributed by atoms with Gasteiger partial charge in [0.15, 0.2) is 6.29 Å². The van der Waals surface area contributed by atoms with E-state index in [1.54, 1.807) is 7.11 Å². The van der Waals surface area contributed by atoms with Gasteiger partial charge in [-0.25, -0.2) is 0 Å². The summed E-state index contributed by atoms with van der Waals surface area (Å²) in [7, 11) is 1.55. The van der Waals surface area contributed by atoms with Gasteiger partial charge in [0.05, 0.1) is 32.5 Å². The van der Waals surface area contributed by atoms with Crippen molar-refractivity contribution in [2.75, 3.05) is 13.7 Å². The van der Waals surface area contributed by atoms with Crippen LogP contribution in [-0.4, -0.2) is 38.3 Å². The Kier molecular flexibility index (Phi) is 8.52. The molecule has 4 rings (SSSR count). The summed E-state index contributed by atoms with van der Waals surface area (Å²) in [6.45, 7) is 1.52. The van der Waals surface area contributed by atoms with E-state index < -0.39 is 31.0 Å². The first-order valence-electron chi connectivity index (χ1n) is 11.9. The first-order chi connectivity index (χ1) is 16.7. The van der Waals surface area contributed by atoms with Gasteiger partial charge in [-0.05, 0) is 16.7 Å². The van der Waals surface area contributed by atoms with Crippen LogP contribution in [0.3, 0.4) is 0 Å². The molecule has 0 aliphatic carbocycles. The molecule has 1 fully saturated rings. The van der Waals surface area contributed by atoms with E-state index in [2.05, 4.69) is 0 Å². The van der Waals surface area contributed by atoms with E-state index in [9.17, 15) is 0 Å². The van der Waals surface area contributed by atoms with E-state index in [4.69, 9.17) is 25.1 Å². The zero-order chi connectivity index (χ0) is 23.6. The van der Waals surface area contributed by atoms with Crippen LogP contribution in [0.5, 0.6) is 0 Å². The molecule has 1 aliphatic rings. The fourth-order valence-electron chi connectivity index (χ4n) is 3.79. The molecule has 1 heterocycles. The number of methoxy groups -OCH3 is 1. The number of rotatable bonds is 11.